The molecule has 0 N–H and O–H groups in total. The van der Waals surface area contributed by atoms with Gasteiger partial charge in [0, 0.05) is 6.04 Å². The van der Waals surface area contributed by atoms with Crippen molar-refractivity contribution in [2.75, 3.05) is 13.1 Å². The van der Waals surface area contributed by atoms with Crippen molar-refractivity contribution in [3.63, 3.8) is 0 Å². The van der Waals surface area contributed by atoms with E-state index in [1.54, 1.807) is 16.7 Å². The maximum absolute atomic E-state index is 2.64. The molecule has 2 aliphatic carbocycles. The first-order valence-electron chi connectivity index (χ1n) is 7.87. The lowest BCUT2D eigenvalue weighted by atomic mass is 9.99. The quantitative estimate of drug-likeness (QED) is 0.733. The fourth-order valence-electron chi connectivity index (χ4n) is 3.48. The molecule has 0 spiro atoms. The third-order valence-corrected chi connectivity index (χ3v) is 4.81. The van der Waals surface area contributed by atoms with Crippen LogP contribution in [-0.2, 0) is 12.8 Å². The predicted molar refractivity (Wildman–Crippen MR) is 82.4 cm³/mol. The highest BCUT2D eigenvalue weighted by Gasteiger charge is 2.21. The first-order valence-corrected chi connectivity index (χ1v) is 7.87. The Labute approximate surface area is 117 Å². The Morgan fingerprint density at radius 2 is 1.74 bits per heavy atom. The predicted octanol–water partition coefficient (Wildman–Crippen LogP) is 4.06. The molecule has 3 rings (SSSR count). The number of hydrogen-bond acceptors (Lipinski definition) is 1. The summed E-state index contributed by atoms with van der Waals surface area (Å²) in [5.41, 5.74) is 6.23. The maximum atomic E-state index is 2.64. The highest BCUT2D eigenvalue weighted by atomic mass is 15.1. The average Bonchev–Trinajstić information content (AvgIpc) is 3.27. The average molecular weight is 255 g/mol. The van der Waals surface area contributed by atoms with Gasteiger partial charge in [-0.3, -0.25) is 0 Å². The van der Waals surface area contributed by atoms with Gasteiger partial charge in [0.15, 0.2) is 0 Å². The van der Waals surface area contributed by atoms with Gasteiger partial charge in [0.25, 0.3) is 0 Å². The summed E-state index contributed by atoms with van der Waals surface area (Å²) >= 11 is 0. The third kappa shape index (κ3) is 2.76. The number of hydrogen-bond donors (Lipinski definition) is 0. The summed E-state index contributed by atoms with van der Waals surface area (Å²) in [5.74, 6) is 0. The van der Waals surface area contributed by atoms with Gasteiger partial charge < -0.3 is 4.90 Å². The molecule has 1 unspecified atom stereocenters. The molecule has 102 valence electrons. The molecule has 0 saturated carbocycles. The minimum Gasteiger partial charge on any atom is -0.301 e. The van der Waals surface area contributed by atoms with Crippen molar-refractivity contribution in [3.8, 4) is 0 Å². The minimum atomic E-state index is 0.783. The van der Waals surface area contributed by atoms with E-state index in [9.17, 15) is 0 Å². The summed E-state index contributed by atoms with van der Waals surface area (Å²) in [5, 5.41) is 0. The second kappa shape index (κ2) is 5.50. The fourth-order valence-corrected chi connectivity index (χ4v) is 3.48. The summed E-state index contributed by atoms with van der Waals surface area (Å²) in [6.45, 7) is 6.96. The van der Waals surface area contributed by atoms with E-state index >= 15 is 0 Å². The normalized spacial score (nSPS) is 21.8. The standard InChI is InChI=1S/C18H25N/c1-3-19(4-2)18-11-9-15-7-8-16(14-5-6-14)13-17(15)10-12-18/h5,7-8,13,18H,3-4,6,9-12H2,1-2H3. The molecule has 19 heavy (non-hydrogen) atoms. The third-order valence-electron chi connectivity index (χ3n) is 4.81. The van der Waals surface area contributed by atoms with Crippen molar-refractivity contribution in [1.82, 2.24) is 4.90 Å². The van der Waals surface area contributed by atoms with E-state index in [-0.39, 0.29) is 0 Å². The number of rotatable bonds is 4. The molecule has 0 heterocycles. The molecule has 0 radical (unpaired) electrons. The Morgan fingerprint density at radius 1 is 1.05 bits per heavy atom. The molecule has 0 aliphatic heterocycles. The monoisotopic (exact) mass is 255 g/mol. The summed E-state index contributed by atoms with van der Waals surface area (Å²) in [6.07, 6.45) is 8.72. The number of benzene rings is 1. The highest BCUT2D eigenvalue weighted by Crippen LogP contribution is 2.33. The Bertz CT molecular complexity index is 482. The topological polar surface area (TPSA) is 3.24 Å². The Morgan fingerprint density at radius 3 is 2.37 bits per heavy atom. The van der Waals surface area contributed by atoms with Crippen LogP contribution < -0.4 is 0 Å². The lowest BCUT2D eigenvalue weighted by Crippen LogP contribution is -2.35. The first kappa shape index (κ1) is 12.9. The molecule has 1 nitrogen and oxygen atoms in total. The molecule has 0 saturated heterocycles. The van der Waals surface area contributed by atoms with E-state index in [2.05, 4.69) is 43.0 Å². The molecule has 1 aromatic rings. The van der Waals surface area contributed by atoms with Crippen LogP contribution in [0.15, 0.2) is 24.3 Å². The highest BCUT2D eigenvalue weighted by molar-refractivity contribution is 5.77. The van der Waals surface area contributed by atoms with Crippen molar-refractivity contribution < 1.29 is 0 Å². The van der Waals surface area contributed by atoms with Crippen LogP contribution >= 0.6 is 0 Å². The molecular weight excluding hydrogens is 230 g/mol. The van der Waals surface area contributed by atoms with Gasteiger partial charge in [-0.05, 0) is 67.5 Å². The molecule has 1 heteroatoms. The molecular formula is C18H25N. The molecule has 1 aromatic carbocycles. The molecule has 0 bridgehead atoms. The van der Waals surface area contributed by atoms with E-state index in [0.717, 1.165) is 6.04 Å². The van der Waals surface area contributed by atoms with Gasteiger partial charge in [-0.25, -0.2) is 0 Å². The summed E-state index contributed by atoms with van der Waals surface area (Å²) in [7, 11) is 0. The van der Waals surface area contributed by atoms with Crippen LogP contribution in [0.5, 0.6) is 0 Å². The molecule has 1 atom stereocenters. The zero-order valence-electron chi connectivity index (χ0n) is 12.3. The van der Waals surface area contributed by atoms with Gasteiger partial charge in [-0.1, -0.05) is 38.1 Å². The van der Waals surface area contributed by atoms with Gasteiger partial charge in [0.05, 0.1) is 0 Å². The number of aryl methyl sites for hydroxylation is 2. The van der Waals surface area contributed by atoms with Crippen molar-refractivity contribution >= 4 is 5.57 Å². The lowest BCUT2D eigenvalue weighted by Gasteiger charge is -2.28. The van der Waals surface area contributed by atoms with Gasteiger partial charge in [0.2, 0.25) is 0 Å². The lowest BCUT2D eigenvalue weighted by molar-refractivity contribution is 0.199. The fraction of sp³-hybridized carbons (Fsp3) is 0.556. The van der Waals surface area contributed by atoms with Crippen LogP contribution in [0.1, 0.15) is 49.8 Å². The second-order valence-electron chi connectivity index (χ2n) is 5.87. The van der Waals surface area contributed by atoms with E-state index in [1.165, 1.54) is 50.8 Å². The zero-order valence-corrected chi connectivity index (χ0v) is 12.3. The van der Waals surface area contributed by atoms with Crippen LogP contribution in [0.25, 0.3) is 5.57 Å². The van der Waals surface area contributed by atoms with E-state index in [1.807, 2.05) is 0 Å². The van der Waals surface area contributed by atoms with Crippen LogP contribution in [-0.4, -0.2) is 24.0 Å². The van der Waals surface area contributed by atoms with Crippen LogP contribution in [0.3, 0.4) is 0 Å². The Balaban J connectivity index is 1.76. The van der Waals surface area contributed by atoms with E-state index < -0.39 is 0 Å². The second-order valence-corrected chi connectivity index (χ2v) is 5.87. The van der Waals surface area contributed by atoms with E-state index in [4.69, 9.17) is 0 Å². The van der Waals surface area contributed by atoms with Gasteiger partial charge in [0.1, 0.15) is 0 Å². The SMILES string of the molecule is CCN(CC)C1CCc2ccc(C3=CC3)cc2CC1. The Kier molecular flexibility index (Phi) is 3.74. The number of allylic oxidation sites excluding steroid dienone is 2. The molecule has 0 fully saturated rings. The van der Waals surface area contributed by atoms with Crippen molar-refractivity contribution in [2.45, 2.75) is 52.0 Å². The molecule has 0 aromatic heterocycles. The first-order chi connectivity index (χ1) is 9.31. The summed E-state index contributed by atoms with van der Waals surface area (Å²) in [6, 6.07) is 7.95. The van der Waals surface area contributed by atoms with Crippen molar-refractivity contribution in [2.24, 2.45) is 0 Å². The summed E-state index contributed by atoms with van der Waals surface area (Å²) < 4.78 is 0. The largest absolute Gasteiger partial charge is 0.301 e. The number of nitrogens with zero attached hydrogens (tertiary/aromatic N) is 1. The minimum absolute atomic E-state index is 0.783. The van der Waals surface area contributed by atoms with Gasteiger partial charge >= 0.3 is 0 Å². The Hall–Kier alpha value is -1.08. The van der Waals surface area contributed by atoms with Gasteiger partial charge in [-0.2, -0.15) is 0 Å². The van der Waals surface area contributed by atoms with Crippen LogP contribution in [0.2, 0.25) is 0 Å². The number of fused-ring (bicyclic) bond motifs is 1. The smallest absolute Gasteiger partial charge is 0.0101 e. The molecule has 0 amide bonds. The maximum Gasteiger partial charge on any atom is 0.0101 e. The van der Waals surface area contributed by atoms with Gasteiger partial charge in [-0.15, -0.1) is 0 Å². The zero-order chi connectivity index (χ0) is 13.2. The van der Waals surface area contributed by atoms with E-state index in [0.29, 0.717) is 0 Å². The van der Waals surface area contributed by atoms with Crippen LogP contribution in [0.4, 0.5) is 0 Å². The van der Waals surface area contributed by atoms with Crippen LogP contribution in [0, 0.1) is 0 Å². The summed E-state index contributed by atoms with van der Waals surface area (Å²) in [4.78, 5) is 2.64. The molecule has 2 aliphatic rings. The van der Waals surface area contributed by atoms with Crippen molar-refractivity contribution in [1.29, 1.82) is 0 Å². The van der Waals surface area contributed by atoms with Crippen molar-refractivity contribution in [3.05, 3.63) is 41.0 Å².